The minimum Gasteiger partial charge on any atom is -0.370 e. The number of benzene rings is 1. The van der Waals surface area contributed by atoms with E-state index in [0.29, 0.717) is 5.96 Å². The van der Waals surface area contributed by atoms with Crippen LogP contribution in [0.3, 0.4) is 0 Å². The Morgan fingerprint density at radius 2 is 2.11 bits per heavy atom. The molecule has 0 fully saturated rings. The van der Waals surface area contributed by atoms with E-state index in [1.165, 1.54) is 5.56 Å². The predicted octanol–water partition coefficient (Wildman–Crippen LogP) is 2.55. The fourth-order valence-corrected chi connectivity index (χ4v) is 1.64. The van der Waals surface area contributed by atoms with Crippen LogP contribution >= 0.6 is 24.0 Å². The molecule has 0 aliphatic heterocycles. The van der Waals surface area contributed by atoms with E-state index in [1.807, 2.05) is 12.1 Å². The highest BCUT2D eigenvalue weighted by Crippen LogP contribution is 2.10. The highest BCUT2D eigenvalue weighted by molar-refractivity contribution is 14.0. The van der Waals surface area contributed by atoms with Crippen LogP contribution in [0, 0.1) is 0 Å². The second kappa shape index (κ2) is 10.0. The number of nitrogens with one attached hydrogen (secondary N) is 1. The first kappa shape index (κ1) is 18.2. The van der Waals surface area contributed by atoms with E-state index < -0.39 is 0 Å². The van der Waals surface area contributed by atoms with Crippen LogP contribution in [0.1, 0.15) is 18.9 Å². The van der Waals surface area contributed by atoms with Gasteiger partial charge in [-0.2, -0.15) is 0 Å². The minimum absolute atomic E-state index is 0. The van der Waals surface area contributed by atoms with Crippen LogP contribution in [-0.2, 0) is 6.42 Å². The number of rotatable bonds is 6. The van der Waals surface area contributed by atoms with Crippen LogP contribution < -0.4 is 11.1 Å². The van der Waals surface area contributed by atoms with Crippen molar-refractivity contribution in [3.05, 3.63) is 29.8 Å². The smallest absolute Gasteiger partial charge is 0.193 e. The normalized spacial score (nSPS) is 11.3. The van der Waals surface area contributed by atoms with Crippen LogP contribution in [-0.4, -0.2) is 38.0 Å². The van der Waals surface area contributed by atoms with Gasteiger partial charge in [-0.3, -0.25) is 4.99 Å². The molecule has 0 aromatic heterocycles. The molecular weight excluding hydrogens is 351 g/mol. The summed E-state index contributed by atoms with van der Waals surface area (Å²) in [6.07, 6.45) is 2.04. The van der Waals surface area contributed by atoms with Gasteiger partial charge in [-0.1, -0.05) is 19.1 Å². The second-order valence-corrected chi connectivity index (χ2v) is 4.60. The second-order valence-electron chi connectivity index (χ2n) is 4.60. The standard InChI is InChI=1S/C14H24N4.HI/c1-4-12-7-5-8-13(11-12)17-14(15)16-9-6-10-18(2)3;/h5,7-8,11H,4,6,9-10H2,1-3H3,(H3,15,16,17);1H. The van der Waals surface area contributed by atoms with E-state index in [-0.39, 0.29) is 24.0 Å². The predicted molar refractivity (Wildman–Crippen MR) is 94.5 cm³/mol. The third kappa shape index (κ3) is 8.05. The third-order valence-corrected chi connectivity index (χ3v) is 2.65. The Morgan fingerprint density at radius 3 is 2.74 bits per heavy atom. The summed E-state index contributed by atoms with van der Waals surface area (Å²) in [5.74, 6) is 0.488. The summed E-state index contributed by atoms with van der Waals surface area (Å²) in [6, 6.07) is 8.24. The maximum absolute atomic E-state index is 5.84. The molecule has 1 aromatic carbocycles. The molecule has 0 saturated carbocycles. The number of hydrogen-bond donors (Lipinski definition) is 2. The topological polar surface area (TPSA) is 53.6 Å². The molecule has 19 heavy (non-hydrogen) atoms. The Balaban J connectivity index is 0.00000324. The maximum Gasteiger partial charge on any atom is 0.193 e. The van der Waals surface area contributed by atoms with Gasteiger partial charge in [0.25, 0.3) is 0 Å². The first-order valence-corrected chi connectivity index (χ1v) is 6.42. The van der Waals surface area contributed by atoms with E-state index >= 15 is 0 Å². The quantitative estimate of drug-likeness (QED) is 0.347. The highest BCUT2D eigenvalue weighted by atomic mass is 127. The van der Waals surface area contributed by atoms with Crippen molar-refractivity contribution < 1.29 is 0 Å². The first-order chi connectivity index (χ1) is 8.61. The zero-order valence-corrected chi connectivity index (χ0v) is 14.3. The van der Waals surface area contributed by atoms with Crippen molar-refractivity contribution in [1.82, 2.24) is 4.90 Å². The summed E-state index contributed by atoms with van der Waals surface area (Å²) in [4.78, 5) is 6.45. The molecule has 108 valence electrons. The molecule has 1 rings (SSSR count). The van der Waals surface area contributed by atoms with Crippen LogP contribution in [0.4, 0.5) is 5.69 Å². The molecule has 4 nitrogen and oxygen atoms in total. The molecule has 5 heteroatoms. The average Bonchev–Trinajstić information content (AvgIpc) is 2.34. The van der Waals surface area contributed by atoms with Gasteiger partial charge >= 0.3 is 0 Å². The molecule has 0 amide bonds. The van der Waals surface area contributed by atoms with Crippen molar-refractivity contribution in [3.8, 4) is 0 Å². The fourth-order valence-electron chi connectivity index (χ4n) is 1.64. The summed E-state index contributed by atoms with van der Waals surface area (Å²) in [6.45, 7) is 3.92. The molecule has 0 spiro atoms. The molecule has 3 N–H and O–H groups in total. The molecule has 0 aliphatic carbocycles. The van der Waals surface area contributed by atoms with Gasteiger partial charge in [0, 0.05) is 12.2 Å². The van der Waals surface area contributed by atoms with E-state index in [4.69, 9.17) is 5.73 Å². The summed E-state index contributed by atoms with van der Waals surface area (Å²) >= 11 is 0. The average molecular weight is 376 g/mol. The summed E-state index contributed by atoms with van der Waals surface area (Å²) in [7, 11) is 4.11. The maximum atomic E-state index is 5.84. The Labute approximate surface area is 133 Å². The number of aliphatic imine (C=N–C) groups is 1. The van der Waals surface area contributed by atoms with Crippen molar-refractivity contribution >= 4 is 35.6 Å². The highest BCUT2D eigenvalue weighted by Gasteiger charge is 1.96. The Kier molecular flexibility index (Phi) is 9.59. The van der Waals surface area contributed by atoms with Crippen molar-refractivity contribution in [1.29, 1.82) is 0 Å². The number of hydrogen-bond acceptors (Lipinski definition) is 2. The van der Waals surface area contributed by atoms with Crippen molar-refractivity contribution in [2.45, 2.75) is 19.8 Å². The molecule has 0 bridgehead atoms. The third-order valence-electron chi connectivity index (χ3n) is 2.65. The van der Waals surface area contributed by atoms with Crippen LogP contribution in [0.25, 0.3) is 0 Å². The lowest BCUT2D eigenvalue weighted by Crippen LogP contribution is -2.23. The number of nitrogens with zero attached hydrogens (tertiary/aromatic N) is 2. The van der Waals surface area contributed by atoms with Gasteiger partial charge in [-0.25, -0.2) is 0 Å². The Hall–Kier alpha value is -0.820. The SMILES string of the molecule is CCc1cccc(NC(N)=NCCCN(C)C)c1.I. The largest absolute Gasteiger partial charge is 0.370 e. The summed E-state index contributed by atoms with van der Waals surface area (Å²) in [5, 5.41) is 3.12. The van der Waals surface area contributed by atoms with Gasteiger partial charge in [0.05, 0.1) is 0 Å². The summed E-state index contributed by atoms with van der Waals surface area (Å²) in [5.41, 5.74) is 8.13. The number of anilines is 1. The zero-order chi connectivity index (χ0) is 13.4. The Bertz CT molecular complexity index is 391. The van der Waals surface area contributed by atoms with E-state index in [2.05, 4.69) is 48.4 Å². The first-order valence-electron chi connectivity index (χ1n) is 6.42. The van der Waals surface area contributed by atoms with E-state index in [1.54, 1.807) is 0 Å². The van der Waals surface area contributed by atoms with Gasteiger partial charge in [-0.15, -0.1) is 24.0 Å². The minimum atomic E-state index is 0. The summed E-state index contributed by atoms with van der Waals surface area (Å²) < 4.78 is 0. The number of halogens is 1. The molecule has 0 unspecified atom stereocenters. The molecule has 0 saturated heterocycles. The number of nitrogens with two attached hydrogens (primary N) is 1. The van der Waals surface area contributed by atoms with E-state index in [9.17, 15) is 0 Å². The lowest BCUT2D eigenvalue weighted by atomic mass is 10.1. The fraction of sp³-hybridized carbons (Fsp3) is 0.500. The van der Waals surface area contributed by atoms with Crippen molar-refractivity contribution in [3.63, 3.8) is 0 Å². The number of guanidine groups is 1. The van der Waals surface area contributed by atoms with Crippen LogP contribution in [0.2, 0.25) is 0 Å². The van der Waals surface area contributed by atoms with Crippen molar-refractivity contribution in [2.24, 2.45) is 10.7 Å². The van der Waals surface area contributed by atoms with E-state index in [0.717, 1.165) is 31.6 Å². The lowest BCUT2D eigenvalue weighted by Gasteiger charge is -2.09. The van der Waals surface area contributed by atoms with Crippen LogP contribution in [0.5, 0.6) is 0 Å². The van der Waals surface area contributed by atoms with Gasteiger partial charge in [0.2, 0.25) is 0 Å². The van der Waals surface area contributed by atoms with Gasteiger partial charge in [-0.05, 0) is 51.2 Å². The zero-order valence-electron chi connectivity index (χ0n) is 12.0. The van der Waals surface area contributed by atoms with Crippen LogP contribution in [0.15, 0.2) is 29.3 Å². The van der Waals surface area contributed by atoms with Gasteiger partial charge in [0.1, 0.15) is 0 Å². The molecule has 0 radical (unpaired) electrons. The molecular formula is C14H25IN4. The van der Waals surface area contributed by atoms with Gasteiger partial charge in [0.15, 0.2) is 5.96 Å². The molecule has 1 aromatic rings. The number of aryl methyl sites for hydroxylation is 1. The monoisotopic (exact) mass is 376 g/mol. The molecule has 0 atom stereocenters. The lowest BCUT2D eigenvalue weighted by molar-refractivity contribution is 0.403. The Morgan fingerprint density at radius 1 is 1.37 bits per heavy atom. The molecule has 0 heterocycles. The van der Waals surface area contributed by atoms with Gasteiger partial charge < -0.3 is 16.0 Å². The molecule has 0 aliphatic rings. The van der Waals surface area contributed by atoms with Crippen molar-refractivity contribution in [2.75, 3.05) is 32.5 Å².